The minimum atomic E-state index is 0.00661. The van der Waals surface area contributed by atoms with Crippen LogP contribution in [-0.4, -0.2) is 82.1 Å². The molecule has 31 heavy (non-hydrogen) atoms. The molecule has 2 fully saturated rings. The Labute approximate surface area is 188 Å². The lowest BCUT2D eigenvalue weighted by molar-refractivity contribution is -0.133. The molecule has 166 valence electrons. The highest BCUT2D eigenvalue weighted by Gasteiger charge is 2.27. The molecule has 2 amide bonds. The van der Waals surface area contributed by atoms with E-state index < -0.39 is 0 Å². The van der Waals surface area contributed by atoms with E-state index in [4.69, 9.17) is 11.6 Å². The van der Waals surface area contributed by atoms with E-state index in [-0.39, 0.29) is 11.8 Å². The van der Waals surface area contributed by atoms with Gasteiger partial charge in [-0.2, -0.15) is 5.10 Å². The number of hydrogen-bond donors (Lipinski definition) is 0. The number of rotatable bonds is 5. The third-order valence-electron chi connectivity index (χ3n) is 6.21. The van der Waals surface area contributed by atoms with E-state index in [1.165, 1.54) is 6.42 Å². The lowest BCUT2D eigenvalue weighted by Gasteiger charge is -2.36. The quantitative estimate of drug-likeness (QED) is 0.712. The van der Waals surface area contributed by atoms with Crippen molar-refractivity contribution in [2.75, 3.05) is 45.8 Å². The van der Waals surface area contributed by atoms with Crippen LogP contribution >= 0.6 is 11.6 Å². The fourth-order valence-electron chi connectivity index (χ4n) is 4.44. The Morgan fingerprint density at radius 3 is 2.42 bits per heavy atom. The molecule has 0 unspecified atom stereocenters. The lowest BCUT2D eigenvalue weighted by Crippen LogP contribution is -2.52. The van der Waals surface area contributed by atoms with Crippen LogP contribution in [0, 0.1) is 0 Å². The molecule has 0 atom stereocenters. The Bertz CT molecular complexity index is 930. The van der Waals surface area contributed by atoms with Gasteiger partial charge in [0, 0.05) is 44.3 Å². The maximum Gasteiger partial charge on any atom is 0.257 e. The predicted molar refractivity (Wildman–Crippen MR) is 121 cm³/mol. The fraction of sp³-hybridized carbons (Fsp3) is 0.522. The Kier molecular flexibility index (Phi) is 6.92. The van der Waals surface area contributed by atoms with Crippen molar-refractivity contribution in [3.63, 3.8) is 0 Å². The third kappa shape index (κ3) is 4.93. The lowest BCUT2D eigenvalue weighted by atomic mass is 10.1. The van der Waals surface area contributed by atoms with E-state index in [1.807, 2.05) is 41.0 Å². The predicted octanol–water partition coefficient (Wildman–Crippen LogP) is 2.86. The zero-order valence-electron chi connectivity index (χ0n) is 18.1. The number of carbonyl (C=O) groups excluding carboxylic acids is 2. The summed E-state index contributed by atoms with van der Waals surface area (Å²) in [6.07, 6.45) is 5.79. The summed E-state index contributed by atoms with van der Waals surface area (Å²) in [5.74, 6) is 0.225. The van der Waals surface area contributed by atoms with Gasteiger partial charge in [0.05, 0.1) is 29.7 Å². The van der Waals surface area contributed by atoms with Crippen molar-refractivity contribution in [1.82, 2.24) is 24.5 Å². The highest BCUT2D eigenvalue weighted by Crippen LogP contribution is 2.21. The van der Waals surface area contributed by atoms with Crippen molar-refractivity contribution in [3.8, 4) is 5.69 Å². The second-order valence-electron chi connectivity index (χ2n) is 8.26. The number of piperazine rings is 1. The van der Waals surface area contributed by atoms with Gasteiger partial charge in [0.15, 0.2) is 0 Å². The zero-order chi connectivity index (χ0) is 21.8. The highest BCUT2D eigenvalue weighted by molar-refractivity contribution is 6.30. The molecule has 2 saturated heterocycles. The molecule has 8 heteroatoms. The third-order valence-corrected chi connectivity index (χ3v) is 6.45. The van der Waals surface area contributed by atoms with Crippen molar-refractivity contribution < 1.29 is 9.59 Å². The first kappa shape index (κ1) is 21.8. The minimum absolute atomic E-state index is 0.00661. The van der Waals surface area contributed by atoms with Crippen LogP contribution in [0.15, 0.2) is 30.5 Å². The average Bonchev–Trinajstić information content (AvgIpc) is 3.24. The maximum atomic E-state index is 13.2. The molecule has 0 aliphatic carbocycles. The molecule has 7 nitrogen and oxygen atoms in total. The van der Waals surface area contributed by atoms with Gasteiger partial charge in [-0.25, -0.2) is 4.68 Å². The summed E-state index contributed by atoms with van der Waals surface area (Å²) in [5.41, 5.74) is 2.37. The number of hydrogen-bond acceptors (Lipinski definition) is 4. The average molecular weight is 444 g/mol. The molecular formula is C23H30ClN5O2. The van der Waals surface area contributed by atoms with Crippen molar-refractivity contribution in [3.05, 3.63) is 46.7 Å². The molecule has 0 radical (unpaired) electrons. The summed E-state index contributed by atoms with van der Waals surface area (Å²) in [6.45, 7) is 6.93. The maximum absolute atomic E-state index is 13.2. The van der Waals surface area contributed by atoms with Gasteiger partial charge in [0.1, 0.15) is 0 Å². The van der Waals surface area contributed by atoms with E-state index in [1.54, 1.807) is 10.9 Å². The molecule has 2 aliphatic rings. The first-order chi connectivity index (χ1) is 15.1. The van der Waals surface area contributed by atoms with E-state index in [2.05, 4.69) is 10.00 Å². The van der Waals surface area contributed by atoms with Crippen LogP contribution in [-0.2, 0) is 11.2 Å². The first-order valence-corrected chi connectivity index (χ1v) is 11.6. The second-order valence-corrected chi connectivity index (χ2v) is 8.70. The van der Waals surface area contributed by atoms with Gasteiger partial charge in [-0.05, 0) is 43.9 Å². The largest absolute Gasteiger partial charge is 0.342 e. The molecule has 0 spiro atoms. The zero-order valence-corrected chi connectivity index (χ0v) is 18.9. The minimum Gasteiger partial charge on any atom is -0.342 e. The molecule has 2 aliphatic heterocycles. The van der Waals surface area contributed by atoms with Gasteiger partial charge in [-0.3, -0.25) is 14.5 Å². The Morgan fingerprint density at radius 1 is 1.00 bits per heavy atom. The molecule has 4 rings (SSSR count). The molecule has 1 aromatic carbocycles. The number of amides is 2. The monoisotopic (exact) mass is 443 g/mol. The topological polar surface area (TPSA) is 61.7 Å². The van der Waals surface area contributed by atoms with Crippen LogP contribution in [0.1, 0.15) is 42.2 Å². The molecular weight excluding hydrogens is 414 g/mol. The molecule has 3 heterocycles. The van der Waals surface area contributed by atoms with Crippen LogP contribution in [0.4, 0.5) is 0 Å². The number of likely N-dealkylation sites (tertiary alicyclic amines) is 1. The first-order valence-electron chi connectivity index (χ1n) is 11.2. The van der Waals surface area contributed by atoms with Crippen LogP contribution < -0.4 is 0 Å². The molecule has 2 aromatic rings. The van der Waals surface area contributed by atoms with Crippen molar-refractivity contribution in [1.29, 1.82) is 0 Å². The number of aromatic nitrogens is 2. The van der Waals surface area contributed by atoms with Gasteiger partial charge >= 0.3 is 0 Å². The van der Waals surface area contributed by atoms with E-state index in [0.717, 1.165) is 50.4 Å². The smallest absolute Gasteiger partial charge is 0.257 e. The standard InChI is InChI=1S/C23H30ClN5O2/c1-2-21-20(16-25-29(21)19-8-6-7-18(24)15-19)23(31)28-13-11-26(12-14-28)17-22(30)27-9-4-3-5-10-27/h6-8,15-16H,2-5,9-14,17H2,1H3. The number of halogens is 1. The fourth-order valence-corrected chi connectivity index (χ4v) is 4.62. The normalized spacial score (nSPS) is 17.7. The van der Waals surface area contributed by atoms with Crippen LogP contribution in [0.5, 0.6) is 0 Å². The van der Waals surface area contributed by atoms with Gasteiger partial charge < -0.3 is 9.80 Å². The number of benzene rings is 1. The number of piperidine rings is 1. The Balaban J connectivity index is 1.38. The SMILES string of the molecule is CCc1c(C(=O)N2CCN(CC(=O)N3CCCCC3)CC2)cnn1-c1cccc(Cl)c1. The second kappa shape index (κ2) is 9.83. The molecule has 0 saturated carbocycles. The van der Waals surface area contributed by atoms with E-state index >= 15 is 0 Å². The van der Waals surface area contributed by atoms with Gasteiger partial charge in [0.25, 0.3) is 5.91 Å². The highest BCUT2D eigenvalue weighted by atomic mass is 35.5. The van der Waals surface area contributed by atoms with Gasteiger partial charge in [-0.15, -0.1) is 0 Å². The number of nitrogens with zero attached hydrogens (tertiary/aromatic N) is 5. The van der Waals surface area contributed by atoms with E-state index in [9.17, 15) is 9.59 Å². The summed E-state index contributed by atoms with van der Waals surface area (Å²) >= 11 is 6.13. The summed E-state index contributed by atoms with van der Waals surface area (Å²) < 4.78 is 1.80. The van der Waals surface area contributed by atoms with Crippen molar-refractivity contribution >= 4 is 23.4 Å². The van der Waals surface area contributed by atoms with Crippen LogP contribution in [0.3, 0.4) is 0 Å². The van der Waals surface area contributed by atoms with Gasteiger partial charge in [0.2, 0.25) is 5.91 Å². The molecule has 0 bridgehead atoms. The summed E-state index contributed by atoms with van der Waals surface area (Å²) in [4.78, 5) is 31.8. The van der Waals surface area contributed by atoms with E-state index in [0.29, 0.717) is 36.6 Å². The Morgan fingerprint density at radius 2 is 1.74 bits per heavy atom. The van der Waals surface area contributed by atoms with Crippen molar-refractivity contribution in [2.45, 2.75) is 32.6 Å². The number of carbonyl (C=O) groups is 2. The summed E-state index contributed by atoms with van der Waals surface area (Å²) in [6, 6.07) is 7.48. The summed E-state index contributed by atoms with van der Waals surface area (Å²) in [5, 5.41) is 5.11. The molecule has 0 N–H and O–H groups in total. The summed E-state index contributed by atoms with van der Waals surface area (Å²) in [7, 11) is 0. The van der Waals surface area contributed by atoms with Gasteiger partial charge in [-0.1, -0.05) is 24.6 Å². The van der Waals surface area contributed by atoms with Crippen LogP contribution in [0.25, 0.3) is 5.69 Å². The van der Waals surface area contributed by atoms with Crippen LogP contribution in [0.2, 0.25) is 5.02 Å². The van der Waals surface area contributed by atoms with Crippen molar-refractivity contribution in [2.24, 2.45) is 0 Å². The Hall–Kier alpha value is -2.38. The molecule has 1 aromatic heterocycles.